The minimum Gasteiger partial charge on any atom is -0.476 e. The predicted molar refractivity (Wildman–Crippen MR) is 75.6 cm³/mol. The highest BCUT2D eigenvalue weighted by molar-refractivity contribution is 5.92. The Morgan fingerprint density at radius 1 is 1.29 bits per heavy atom. The molecule has 0 unspecified atom stereocenters. The summed E-state index contributed by atoms with van der Waals surface area (Å²) >= 11 is 0. The number of carbonyl (C=O) groups is 2. The normalized spacial score (nSPS) is 10.7. The number of carbonyl (C=O) groups excluding carboxylic acids is 1. The molecule has 21 heavy (non-hydrogen) atoms. The Balaban J connectivity index is 1.72. The molecule has 0 aliphatic carbocycles. The lowest BCUT2D eigenvalue weighted by Gasteiger charge is -2.03. The van der Waals surface area contributed by atoms with Gasteiger partial charge in [-0.05, 0) is 17.7 Å². The lowest BCUT2D eigenvalue weighted by Crippen LogP contribution is -2.25. The maximum absolute atomic E-state index is 12.0. The van der Waals surface area contributed by atoms with Crippen LogP contribution in [0, 0.1) is 0 Å². The zero-order valence-corrected chi connectivity index (χ0v) is 10.9. The lowest BCUT2D eigenvalue weighted by molar-refractivity contribution is -0.116. The second kappa shape index (κ2) is 5.12. The number of nitrogens with one attached hydrogen (secondary N) is 2. The summed E-state index contributed by atoms with van der Waals surface area (Å²) in [4.78, 5) is 26.9. The molecule has 7 nitrogen and oxygen atoms in total. The number of aromatic nitrogens is 3. The first-order chi connectivity index (χ1) is 10.1. The number of para-hydroxylation sites is 1. The van der Waals surface area contributed by atoms with E-state index in [2.05, 4.69) is 15.5 Å². The standard InChI is InChI=1S/C14H12N4O3/c19-13(17-18-6-5-12(16-18)14(20)21)7-9-8-15-11-4-2-1-3-10(9)11/h1-6,8,15H,7H2,(H,17,19)(H,20,21). The first kappa shape index (κ1) is 12.9. The average Bonchev–Trinajstić information content (AvgIpc) is 3.07. The third-order valence-electron chi connectivity index (χ3n) is 3.07. The van der Waals surface area contributed by atoms with Crippen LogP contribution in [0.1, 0.15) is 16.1 Å². The molecule has 0 aliphatic rings. The first-order valence-corrected chi connectivity index (χ1v) is 6.27. The molecule has 0 fully saturated rings. The van der Waals surface area contributed by atoms with Crippen LogP contribution in [-0.4, -0.2) is 31.9 Å². The molecule has 1 amide bonds. The smallest absolute Gasteiger partial charge is 0.356 e. The van der Waals surface area contributed by atoms with Gasteiger partial charge in [0.1, 0.15) is 0 Å². The lowest BCUT2D eigenvalue weighted by atomic mass is 10.1. The van der Waals surface area contributed by atoms with Crippen LogP contribution in [0.15, 0.2) is 42.7 Å². The Labute approximate surface area is 119 Å². The van der Waals surface area contributed by atoms with Crippen molar-refractivity contribution in [2.24, 2.45) is 0 Å². The number of amides is 1. The van der Waals surface area contributed by atoms with Crippen molar-refractivity contribution in [3.05, 3.63) is 54.0 Å². The van der Waals surface area contributed by atoms with Crippen molar-refractivity contribution in [2.45, 2.75) is 6.42 Å². The SMILES string of the molecule is O=C(Cc1c[nH]c2ccccc12)Nn1ccc(C(=O)O)n1. The topological polar surface area (TPSA) is 100 Å². The quantitative estimate of drug-likeness (QED) is 0.673. The zero-order valence-electron chi connectivity index (χ0n) is 10.9. The van der Waals surface area contributed by atoms with Crippen molar-refractivity contribution < 1.29 is 14.7 Å². The molecule has 0 atom stereocenters. The molecule has 1 aromatic carbocycles. The molecule has 106 valence electrons. The van der Waals surface area contributed by atoms with Gasteiger partial charge in [-0.15, -0.1) is 5.10 Å². The van der Waals surface area contributed by atoms with Crippen LogP contribution in [0.5, 0.6) is 0 Å². The van der Waals surface area contributed by atoms with E-state index in [1.54, 1.807) is 6.20 Å². The van der Waals surface area contributed by atoms with Gasteiger partial charge in [-0.25, -0.2) is 10.2 Å². The Kier molecular flexibility index (Phi) is 3.15. The molecule has 3 rings (SSSR count). The Morgan fingerprint density at radius 2 is 2.10 bits per heavy atom. The van der Waals surface area contributed by atoms with Gasteiger partial charge >= 0.3 is 5.97 Å². The number of benzene rings is 1. The fourth-order valence-electron chi connectivity index (χ4n) is 2.12. The van der Waals surface area contributed by atoms with Gasteiger partial charge < -0.3 is 10.1 Å². The second-order valence-corrected chi connectivity index (χ2v) is 4.52. The van der Waals surface area contributed by atoms with Crippen LogP contribution in [-0.2, 0) is 11.2 Å². The first-order valence-electron chi connectivity index (χ1n) is 6.27. The van der Waals surface area contributed by atoms with Crippen molar-refractivity contribution in [1.29, 1.82) is 0 Å². The summed E-state index contributed by atoms with van der Waals surface area (Å²) in [6.45, 7) is 0. The van der Waals surface area contributed by atoms with Crippen LogP contribution in [0.25, 0.3) is 10.9 Å². The van der Waals surface area contributed by atoms with Crippen LogP contribution in [0.2, 0.25) is 0 Å². The van der Waals surface area contributed by atoms with E-state index in [4.69, 9.17) is 5.11 Å². The van der Waals surface area contributed by atoms with Gasteiger partial charge in [-0.3, -0.25) is 4.79 Å². The van der Waals surface area contributed by atoms with E-state index < -0.39 is 5.97 Å². The van der Waals surface area contributed by atoms with Crippen molar-refractivity contribution in [2.75, 3.05) is 5.43 Å². The molecule has 7 heteroatoms. The molecular weight excluding hydrogens is 272 g/mol. The molecular formula is C14H12N4O3. The number of fused-ring (bicyclic) bond motifs is 1. The van der Waals surface area contributed by atoms with Crippen molar-refractivity contribution in [3.8, 4) is 0 Å². The maximum atomic E-state index is 12.0. The van der Waals surface area contributed by atoms with Gasteiger partial charge in [-0.2, -0.15) is 4.79 Å². The average molecular weight is 284 g/mol. The predicted octanol–water partition coefficient (Wildman–Crippen LogP) is 1.38. The number of carboxylic acid groups (broad SMARTS) is 1. The Bertz CT molecular complexity index is 818. The molecule has 2 heterocycles. The van der Waals surface area contributed by atoms with Gasteiger partial charge in [0.05, 0.1) is 6.42 Å². The second-order valence-electron chi connectivity index (χ2n) is 4.52. The molecule has 0 spiro atoms. The van der Waals surface area contributed by atoms with E-state index in [-0.39, 0.29) is 18.0 Å². The number of nitrogens with zero attached hydrogens (tertiary/aromatic N) is 2. The highest BCUT2D eigenvalue weighted by atomic mass is 16.4. The van der Waals surface area contributed by atoms with E-state index in [1.807, 2.05) is 24.3 Å². The maximum Gasteiger partial charge on any atom is 0.356 e. The summed E-state index contributed by atoms with van der Waals surface area (Å²) in [7, 11) is 0. The number of aromatic amines is 1. The van der Waals surface area contributed by atoms with Gasteiger partial charge in [0.2, 0.25) is 5.91 Å². The van der Waals surface area contributed by atoms with E-state index in [1.165, 1.54) is 12.3 Å². The molecule has 0 saturated heterocycles. The summed E-state index contributed by atoms with van der Waals surface area (Å²) in [5.41, 5.74) is 4.22. The Hall–Kier alpha value is -3.09. The molecule has 2 aromatic heterocycles. The number of carboxylic acids is 1. The van der Waals surface area contributed by atoms with Crippen molar-refractivity contribution >= 4 is 22.8 Å². The fraction of sp³-hybridized carbons (Fsp3) is 0.0714. The molecule has 3 aromatic rings. The fourth-order valence-corrected chi connectivity index (χ4v) is 2.12. The number of rotatable bonds is 4. The Morgan fingerprint density at radius 3 is 2.86 bits per heavy atom. The minimum absolute atomic E-state index is 0.123. The molecule has 0 bridgehead atoms. The monoisotopic (exact) mass is 284 g/mol. The zero-order chi connectivity index (χ0) is 14.8. The molecule has 0 saturated carbocycles. The minimum atomic E-state index is -1.14. The molecule has 0 radical (unpaired) electrons. The van der Waals surface area contributed by atoms with E-state index in [0.29, 0.717) is 0 Å². The number of hydrogen-bond acceptors (Lipinski definition) is 3. The van der Waals surface area contributed by atoms with Crippen molar-refractivity contribution in [1.82, 2.24) is 14.9 Å². The summed E-state index contributed by atoms with van der Waals surface area (Å²) < 4.78 is 0. The van der Waals surface area contributed by atoms with Gasteiger partial charge in [0.25, 0.3) is 0 Å². The summed E-state index contributed by atoms with van der Waals surface area (Å²) in [5.74, 6) is -1.42. The third-order valence-corrected chi connectivity index (χ3v) is 3.07. The number of hydrogen-bond donors (Lipinski definition) is 3. The van der Waals surface area contributed by atoms with E-state index in [0.717, 1.165) is 21.3 Å². The van der Waals surface area contributed by atoms with Crippen LogP contribution < -0.4 is 5.43 Å². The summed E-state index contributed by atoms with van der Waals surface area (Å²) in [6, 6.07) is 9.01. The molecule has 3 N–H and O–H groups in total. The number of aromatic carboxylic acids is 1. The number of H-pyrrole nitrogens is 1. The van der Waals surface area contributed by atoms with Gasteiger partial charge in [0.15, 0.2) is 5.69 Å². The highest BCUT2D eigenvalue weighted by Gasteiger charge is 2.11. The summed E-state index contributed by atoms with van der Waals surface area (Å²) in [6.07, 6.45) is 3.35. The largest absolute Gasteiger partial charge is 0.476 e. The van der Waals surface area contributed by atoms with E-state index in [9.17, 15) is 9.59 Å². The molecule has 0 aliphatic heterocycles. The van der Waals surface area contributed by atoms with E-state index >= 15 is 0 Å². The van der Waals surface area contributed by atoms with Gasteiger partial charge in [-0.1, -0.05) is 18.2 Å². The van der Waals surface area contributed by atoms with Crippen LogP contribution in [0.3, 0.4) is 0 Å². The third kappa shape index (κ3) is 2.62. The van der Waals surface area contributed by atoms with Crippen LogP contribution in [0.4, 0.5) is 0 Å². The highest BCUT2D eigenvalue weighted by Crippen LogP contribution is 2.17. The van der Waals surface area contributed by atoms with Crippen molar-refractivity contribution in [3.63, 3.8) is 0 Å². The van der Waals surface area contributed by atoms with Crippen LogP contribution >= 0.6 is 0 Å². The van der Waals surface area contributed by atoms with Gasteiger partial charge in [0, 0.05) is 23.3 Å². The summed E-state index contributed by atoms with van der Waals surface area (Å²) in [5, 5.41) is 13.5.